The van der Waals surface area contributed by atoms with Crippen LogP contribution >= 0.6 is 27.5 Å². The van der Waals surface area contributed by atoms with Crippen molar-refractivity contribution in [2.24, 2.45) is 11.3 Å². The van der Waals surface area contributed by atoms with Crippen molar-refractivity contribution >= 4 is 45.1 Å². The zero-order valence-corrected chi connectivity index (χ0v) is 14.8. The molecule has 1 aromatic rings. The average Bonchev–Trinajstić information content (AvgIpc) is 2.32. The number of carbonyl (C=O) groups is 2. The summed E-state index contributed by atoms with van der Waals surface area (Å²) in [6.07, 6.45) is 0. The number of nitrogens with one attached hydrogen (secondary N) is 1. The first-order valence-corrected chi connectivity index (χ1v) is 7.76. The predicted octanol–water partition coefficient (Wildman–Crippen LogP) is 4.27. The van der Waals surface area contributed by atoms with Crippen molar-refractivity contribution in [3.05, 3.63) is 27.7 Å². The first kappa shape index (κ1) is 18.0. The molecule has 1 aromatic carbocycles. The molecule has 1 N–H and O–H groups in total. The fraction of sp³-hybridized carbons (Fsp3) is 0.467. The molecule has 0 aromatic heterocycles. The fourth-order valence-corrected chi connectivity index (χ4v) is 2.29. The molecule has 0 aliphatic rings. The van der Waals surface area contributed by atoms with Crippen LogP contribution in [-0.4, -0.2) is 18.5 Å². The van der Waals surface area contributed by atoms with Crippen LogP contribution in [0.25, 0.3) is 0 Å². The van der Waals surface area contributed by atoms with E-state index in [0.29, 0.717) is 10.7 Å². The van der Waals surface area contributed by atoms with Gasteiger partial charge in [0.15, 0.2) is 0 Å². The number of ether oxygens (including phenoxy) is 1. The third kappa shape index (κ3) is 5.00. The number of hydrogen-bond donors (Lipinski definition) is 1. The number of hydrogen-bond acceptors (Lipinski definition) is 3. The third-order valence-corrected chi connectivity index (χ3v) is 4.07. The molecule has 1 rings (SSSR count). The van der Waals surface area contributed by atoms with E-state index in [-0.39, 0.29) is 6.61 Å². The zero-order valence-electron chi connectivity index (χ0n) is 12.5. The average molecular weight is 377 g/mol. The van der Waals surface area contributed by atoms with Gasteiger partial charge in [0.05, 0.1) is 11.6 Å². The van der Waals surface area contributed by atoms with E-state index >= 15 is 0 Å². The second-order valence-electron chi connectivity index (χ2n) is 5.67. The maximum atomic E-state index is 12.4. The van der Waals surface area contributed by atoms with Gasteiger partial charge in [-0.05, 0) is 46.5 Å². The zero-order chi connectivity index (χ0) is 16.2. The Morgan fingerprint density at radius 1 is 1.38 bits per heavy atom. The first-order valence-electron chi connectivity index (χ1n) is 6.59. The van der Waals surface area contributed by atoms with Crippen LogP contribution in [0, 0.1) is 11.3 Å². The Labute approximate surface area is 138 Å². The quantitative estimate of drug-likeness (QED) is 0.631. The van der Waals surface area contributed by atoms with E-state index in [0.717, 1.165) is 4.47 Å². The van der Waals surface area contributed by atoms with Gasteiger partial charge >= 0.3 is 5.97 Å². The molecule has 0 aliphatic carbocycles. The van der Waals surface area contributed by atoms with Gasteiger partial charge in [-0.1, -0.05) is 32.4 Å². The summed E-state index contributed by atoms with van der Waals surface area (Å²) in [6, 6.07) is 5.06. The van der Waals surface area contributed by atoms with Crippen molar-refractivity contribution in [2.45, 2.75) is 27.7 Å². The Balaban J connectivity index is 2.96. The number of carbonyl (C=O) groups excluding carboxylic acids is 2. The van der Waals surface area contributed by atoms with Crippen molar-refractivity contribution < 1.29 is 14.3 Å². The molecule has 6 heteroatoms. The SMILES string of the molecule is CCOC(=O)C(C(=O)Nc1ccc(Br)c(Cl)c1)C(C)(C)C. The number of anilines is 1. The highest BCUT2D eigenvalue weighted by molar-refractivity contribution is 9.10. The molecule has 0 radical (unpaired) electrons. The molecule has 0 bridgehead atoms. The van der Waals surface area contributed by atoms with Gasteiger partial charge in [0.25, 0.3) is 0 Å². The standard InChI is InChI=1S/C15H19BrClNO3/c1-5-21-14(20)12(15(2,3)4)13(19)18-9-6-7-10(16)11(17)8-9/h6-8,12H,5H2,1-4H3,(H,18,19). The van der Waals surface area contributed by atoms with Gasteiger partial charge in [-0.15, -0.1) is 0 Å². The maximum absolute atomic E-state index is 12.4. The summed E-state index contributed by atoms with van der Waals surface area (Å²) in [5, 5.41) is 3.19. The van der Waals surface area contributed by atoms with Gasteiger partial charge in [0.1, 0.15) is 5.92 Å². The Kier molecular flexibility index (Phi) is 6.23. The van der Waals surface area contributed by atoms with Crippen molar-refractivity contribution in [2.75, 3.05) is 11.9 Å². The minimum absolute atomic E-state index is 0.239. The maximum Gasteiger partial charge on any atom is 0.319 e. The summed E-state index contributed by atoms with van der Waals surface area (Å²) in [5.74, 6) is -1.81. The second-order valence-corrected chi connectivity index (χ2v) is 6.93. The second kappa shape index (κ2) is 7.27. The van der Waals surface area contributed by atoms with Crippen LogP contribution < -0.4 is 5.32 Å². The van der Waals surface area contributed by atoms with Gasteiger partial charge in [0, 0.05) is 10.2 Å². The lowest BCUT2D eigenvalue weighted by molar-refractivity contribution is -0.155. The number of benzene rings is 1. The van der Waals surface area contributed by atoms with E-state index in [1.54, 1.807) is 25.1 Å². The first-order chi connectivity index (χ1) is 9.66. The van der Waals surface area contributed by atoms with E-state index in [4.69, 9.17) is 16.3 Å². The molecular formula is C15H19BrClNO3. The molecule has 0 fully saturated rings. The molecule has 21 heavy (non-hydrogen) atoms. The minimum Gasteiger partial charge on any atom is -0.465 e. The van der Waals surface area contributed by atoms with E-state index < -0.39 is 23.2 Å². The summed E-state index contributed by atoms with van der Waals surface area (Å²) in [4.78, 5) is 24.4. The molecule has 116 valence electrons. The Bertz CT molecular complexity index is 540. The highest BCUT2D eigenvalue weighted by atomic mass is 79.9. The molecule has 0 aliphatic heterocycles. The molecule has 4 nitrogen and oxygen atoms in total. The smallest absolute Gasteiger partial charge is 0.319 e. The van der Waals surface area contributed by atoms with Crippen molar-refractivity contribution in [1.82, 2.24) is 0 Å². The molecule has 1 unspecified atom stereocenters. The minimum atomic E-state index is -0.889. The van der Waals surface area contributed by atoms with Crippen LogP contribution in [0.2, 0.25) is 5.02 Å². The van der Waals surface area contributed by atoms with Gasteiger partial charge < -0.3 is 10.1 Å². The molecule has 0 saturated heterocycles. The molecule has 0 spiro atoms. The van der Waals surface area contributed by atoms with E-state index in [9.17, 15) is 9.59 Å². The predicted molar refractivity (Wildman–Crippen MR) is 87.4 cm³/mol. The summed E-state index contributed by atoms with van der Waals surface area (Å²) >= 11 is 9.27. The van der Waals surface area contributed by atoms with Crippen molar-refractivity contribution in [3.63, 3.8) is 0 Å². The van der Waals surface area contributed by atoms with Gasteiger partial charge in [-0.2, -0.15) is 0 Å². The number of rotatable bonds is 4. The summed E-state index contributed by atoms with van der Waals surface area (Å²) in [5.41, 5.74) is -0.0121. The molecule has 1 amide bonds. The topological polar surface area (TPSA) is 55.4 Å². The molecule has 1 atom stereocenters. The van der Waals surface area contributed by atoms with Crippen LogP contribution in [0.5, 0.6) is 0 Å². The summed E-state index contributed by atoms with van der Waals surface area (Å²) < 4.78 is 5.73. The molecular weight excluding hydrogens is 358 g/mol. The highest BCUT2D eigenvalue weighted by Gasteiger charge is 2.38. The van der Waals surface area contributed by atoms with Crippen LogP contribution in [0.4, 0.5) is 5.69 Å². The molecule has 0 heterocycles. The largest absolute Gasteiger partial charge is 0.465 e. The lowest BCUT2D eigenvalue weighted by atomic mass is 9.80. The van der Waals surface area contributed by atoms with Crippen molar-refractivity contribution in [1.29, 1.82) is 0 Å². The van der Waals surface area contributed by atoms with Crippen LogP contribution in [0.15, 0.2) is 22.7 Å². The lowest BCUT2D eigenvalue weighted by Gasteiger charge is -2.27. The van der Waals surface area contributed by atoms with Crippen LogP contribution in [0.3, 0.4) is 0 Å². The lowest BCUT2D eigenvalue weighted by Crippen LogP contribution is -2.40. The van der Waals surface area contributed by atoms with Crippen molar-refractivity contribution in [3.8, 4) is 0 Å². The van der Waals surface area contributed by atoms with Crippen LogP contribution in [-0.2, 0) is 14.3 Å². The Morgan fingerprint density at radius 2 is 2.00 bits per heavy atom. The monoisotopic (exact) mass is 375 g/mol. The highest BCUT2D eigenvalue weighted by Crippen LogP contribution is 2.30. The normalized spacial score (nSPS) is 12.7. The fourth-order valence-electron chi connectivity index (χ4n) is 1.87. The van der Waals surface area contributed by atoms with Crippen LogP contribution in [0.1, 0.15) is 27.7 Å². The van der Waals surface area contributed by atoms with E-state index in [1.165, 1.54) is 0 Å². The number of esters is 1. The van der Waals surface area contributed by atoms with Gasteiger partial charge in [-0.3, -0.25) is 9.59 Å². The van der Waals surface area contributed by atoms with Gasteiger partial charge in [-0.25, -0.2) is 0 Å². The third-order valence-electron chi connectivity index (χ3n) is 2.84. The van der Waals surface area contributed by atoms with E-state index in [1.807, 2.05) is 20.8 Å². The van der Waals surface area contributed by atoms with Gasteiger partial charge in [0.2, 0.25) is 5.91 Å². The van der Waals surface area contributed by atoms with E-state index in [2.05, 4.69) is 21.2 Å². The Morgan fingerprint density at radius 3 is 2.48 bits per heavy atom. The molecule has 0 saturated carbocycles. The summed E-state index contributed by atoms with van der Waals surface area (Å²) in [6.45, 7) is 7.42. The number of halogens is 2. The number of amides is 1. The Hall–Kier alpha value is -1.07. The summed E-state index contributed by atoms with van der Waals surface area (Å²) in [7, 11) is 0.